The molecule has 0 radical (unpaired) electrons. The lowest BCUT2D eigenvalue weighted by Gasteiger charge is -2.19. The fourth-order valence-corrected chi connectivity index (χ4v) is 3.26. The van der Waals surface area contributed by atoms with Gasteiger partial charge in [0.05, 0.1) is 11.6 Å². The van der Waals surface area contributed by atoms with Gasteiger partial charge < -0.3 is 10.2 Å². The largest absolute Gasteiger partial charge is 0.310 e. The third kappa shape index (κ3) is 4.58. The molecule has 26 heavy (non-hydrogen) atoms. The number of likely N-dealkylation sites (tertiary alicyclic amines) is 1. The topological polar surface area (TPSA) is 75.9 Å². The molecule has 0 atom stereocenters. The Kier molecular flexibility index (Phi) is 5.86. The fraction of sp³-hybridized carbons (Fsp3) is 0.684. The van der Waals surface area contributed by atoms with Gasteiger partial charge >= 0.3 is 0 Å². The molecule has 1 amide bonds. The number of amides is 1. The van der Waals surface area contributed by atoms with Crippen LogP contribution >= 0.6 is 0 Å². The molecule has 3 heterocycles. The predicted octanol–water partition coefficient (Wildman–Crippen LogP) is 3.08. The Labute approximate surface area is 155 Å². The maximum Gasteiger partial charge on any atom is 0.230 e. The summed E-state index contributed by atoms with van der Waals surface area (Å²) in [6.07, 6.45) is 9.64. The first-order valence-corrected chi connectivity index (χ1v) is 9.65. The van der Waals surface area contributed by atoms with E-state index in [1.807, 2.05) is 25.5 Å². The van der Waals surface area contributed by atoms with Crippen LogP contribution in [0, 0.1) is 5.41 Å². The minimum atomic E-state index is -0.472. The molecule has 0 bridgehead atoms. The number of nitrogens with zero attached hydrogens (tertiary/aromatic N) is 5. The molecule has 2 aromatic heterocycles. The number of carbonyl (C=O) groups excluding carboxylic acids is 1. The normalized spacial score (nSPS) is 16.6. The van der Waals surface area contributed by atoms with Crippen molar-refractivity contribution in [2.24, 2.45) is 5.41 Å². The van der Waals surface area contributed by atoms with Crippen molar-refractivity contribution in [3.8, 4) is 0 Å². The summed E-state index contributed by atoms with van der Waals surface area (Å²) in [6.45, 7) is 9.99. The molecule has 1 aliphatic rings. The van der Waals surface area contributed by atoms with Crippen LogP contribution < -0.4 is 5.32 Å². The van der Waals surface area contributed by atoms with E-state index in [4.69, 9.17) is 0 Å². The first-order chi connectivity index (χ1) is 12.4. The van der Waals surface area contributed by atoms with Crippen LogP contribution in [0.2, 0.25) is 0 Å². The molecule has 0 spiro atoms. The summed E-state index contributed by atoms with van der Waals surface area (Å²) < 4.78 is 1.92. The van der Waals surface area contributed by atoms with Gasteiger partial charge in [-0.1, -0.05) is 33.6 Å². The van der Waals surface area contributed by atoms with Crippen LogP contribution in [-0.4, -0.2) is 50.2 Å². The monoisotopic (exact) mass is 358 g/mol. The predicted molar refractivity (Wildman–Crippen MR) is 103 cm³/mol. The van der Waals surface area contributed by atoms with Crippen molar-refractivity contribution >= 4 is 22.8 Å². The van der Waals surface area contributed by atoms with Gasteiger partial charge in [0.1, 0.15) is 12.1 Å². The van der Waals surface area contributed by atoms with Crippen LogP contribution in [0.5, 0.6) is 0 Å². The highest BCUT2D eigenvalue weighted by molar-refractivity contribution is 6.00. The van der Waals surface area contributed by atoms with Crippen LogP contribution in [0.3, 0.4) is 0 Å². The number of aryl methyl sites for hydroxylation is 1. The van der Waals surface area contributed by atoms with Crippen LogP contribution in [-0.2, 0) is 11.3 Å². The SMILES string of the molecule is CC(C)(C)C(=O)Nc1ncnc2c1cnn2CCCN1CCCCCC1. The summed E-state index contributed by atoms with van der Waals surface area (Å²) in [6, 6.07) is 0. The summed E-state index contributed by atoms with van der Waals surface area (Å²) in [7, 11) is 0. The van der Waals surface area contributed by atoms with E-state index in [0.717, 1.165) is 30.5 Å². The first kappa shape index (κ1) is 18.8. The highest BCUT2D eigenvalue weighted by atomic mass is 16.2. The van der Waals surface area contributed by atoms with Gasteiger partial charge in [-0.2, -0.15) is 5.10 Å². The van der Waals surface area contributed by atoms with Gasteiger partial charge in [0.15, 0.2) is 5.65 Å². The molecule has 1 N–H and O–H groups in total. The minimum absolute atomic E-state index is 0.0635. The van der Waals surface area contributed by atoms with Crippen molar-refractivity contribution in [3.05, 3.63) is 12.5 Å². The summed E-state index contributed by atoms with van der Waals surface area (Å²) in [5, 5.41) is 8.16. The summed E-state index contributed by atoms with van der Waals surface area (Å²) >= 11 is 0. The number of hydrogen-bond donors (Lipinski definition) is 1. The number of fused-ring (bicyclic) bond motifs is 1. The molecule has 1 fully saturated rings. The zero-order valence-electron chi connectivity index (χ0n) is 16.2. The Morgan fingerprint density at radius 1 is 1.12 bits per heavy atom. The molecule has 7 nitrogen and oxygen atoms in total. The molecule has 142 valence electrons. The Morgan fingerprint density at radius 3 is 2.54 bits per heavy atom. The van der Waals surface area contributed by atoms with Crippen LogP contribution in [0.15, 0.2) is 12.5 Å². The quantitative estimate of drug-likeness (QED) is 0.889. The first-order valence-electron chi connectivity index (χ1n) is 9.65. The van der Waals surface area contributed by atoms with E-state index in [1.165, 1.54) is 45.1 Å². The lowest BCUT2D eigenvalue weighted by molar-refractivity contribution is -0.123. The fourth-order valence-electron chi connectivity index (χ4n) is 3.26. The maximum atomic E-state index is 12.3. The van der Waals surface area contributed by atoms with Gasteiger partial charge in [-0.3, -0.25) is 4.79 Å². The molecular formula is C19H30N6O. The molecule has 3 rings (SSSR count). The van der Waals surface area contributed by atoms with Crippen LogP contribution in [0.4, 0.5) is 5.82 Å². The molecule has 7 heteroatoms. The van der Waals surface area contributed by atoms with Crippen molar-refractivity contribution in [3.63, 3.8) is 0 Å². The molecule has 1 saturated heterocycles. The van der Waals surface area contributed by atoms with Gasteiger partial charge in [-0.25, -0.2) is 14.6 Å². The smallest absolute Gasteiger partial charge is 0.230 e. The Bertz CT molecular complexity index is 740. The number of carbonyl (C=O) groups is 1. The third-order valence-corrected chi connectivity index (χ3v) is 4.89. The average Bonchev–Trinajstić information content (AvgIpc) is 2.83. The summed E-state index contributed by atoms with van der Waals surface area (Å²) in [5.41, 5.74) is 0.306. The van der Waals surface area contributed by atoms with Crippen molar-refractivity contribution in [2.75, 3.05) is 25.0 Å². The van der Waals surface area contributed by atoms with Gasteiger partial charge in [0.25, 0.3) is 0 Å². The summed E-state index contributed by atoms with van der Waals surface area (Å²) in [5.74, 6) is 0.472. The molecule has 0 saturated carbocycles. The van der Waals surface area contributed by atoms with Crippen molar-refractivity contribution in [2.45, 2.75) is 59.4 Å². The zero-order chi connectivity index (χ0) is 18.6. The van der Waals surface area contributed by atoms with Gasteiger partial charge in [0.2, 0.25) is 5.91 Å². The highest BCUT2D eigenvalue weighted by Crippen LogP contribution is 2.22. The number of nitrogens with one attached hydrogen (secondary N) is 1. The lowest BCUT2D eigenvalue weighted by Crippen LogP contribution is -2.28. The second kappa shape index (κ2) is 8.12. The van der Waals surface area contributed by atoms with Crippen LogP contribution in [0.25, 0.3) is 11.0 Å². The molecule has 0 aromatic carbocycles. The number of aromatic nitrogens is 4. The van der Waals surface area contributed by atoms with E-state index < -0.39 is 5.41 Å². The number of rotatable bonds is 5. The van der Waals surface area contributed by atoms with E-state index in [9.17, 15) is 4.79 Å². The molecule has 0 unspecified atom stereocenters. The van der Waals surface area contributed by atoms with E-state index in [-0.39, 0.29) is 5.91 Å². The van der Waals surface area contributed by atoms with Crippen LogP contribution in [0.1, 0.15) is 52.9 Å². The van der Waals surface area contributed by atoms with E-state index in [0.29, 0.717) is 5.82 Å². The van der Waals surface area contributed by atoms with E-state index >= 15 is 0 Å². The molecule has 2 aromatic rings. The second-order valence-electron chi connectivity index (χ2n) is 8.14. The minimum Gasteiger partial charge on any atom is -0.310 e. The van der Waals surface area contributed by atoms with Crippen molar-refractivity contribution in [1.29, 1.82) is 0 Å². The molecule has 0 aliphatic carbocycles. The molecular weight excluding hydrogens is 328 g/mol. The highest BCUT2D eigenvalue weighted by Gasteiger charge is 2.23. The lowest BCUT2D eigenvalue weighted by atomic mass is 9.96. The van der Waals surface area contributed by atoms with Crippen molar-refractivity contribution in [1.82, 2.24) is 24.6 Å². The molecule has 1 aliphatic heterocycles. The van der Waals surface area contributed by atoms with Crippen molar-refractivity contribution < 1.29 is 4.79 Å². The number of hydrogen-bond acceptors (Lipinski definition) is 5. The van der Waals surface area contributed by atoms with Gasteiger partial charge in [-0.05, 0) is 38.9 Å². The number of anilines is 1. The summed E-state index contributed by atoms with van der Waals surface area (Å²) in [4.78, 5) is 23.4. The maximum absolute atomic E-state index is 12.3. The Hall–Kier alpha value is -2.02. The Balaban J connectivity index is 1.65. The zero-order valence-corrected chi connectivity index (χ0v) is 16.2. The van der Waals surface area contributed by atoms with Gasteiger partial charge in [-0.15, -0.1) is 0 Å². The third-order valence-electron chi connectivity index (χ3n) is 4.89. The van der Waals surface area contributed by atoms with E-state index in [2.05, 4.69) is 25.3 Å². The standard InChI is InChI=1S/C19H30N6O/c1-19(2,3)18(26)23-16-15-13-22-25(17(15)21-14-20-16)12-8-11-24-9-6-4-5-7-10-24/h13-14H,4-12H2,1-3H3,(H,20,21,23,26). The van der Waals surface area contributed by atoms with Gasteiger partial charge in [0, 0.05) is 12.0 Å². The second-order valence-corrected chi connectivity index (χ2v) is 8.14. The van der Waals surface area contributed by atoms with E-state index in [1.54, 1.807) is 6.20 Å². The Morgan fingerprint density at radius 2 is 1.85 bits per heavy atom. The average molecular weight is 358 g/mol.